The maximum atomic E-state index is 13.0. The first-order chi connectivity index (χ1) is 10.0. The highest BCUT2D eigenvalue weighted by molar-refractivity contribution is 5.85. The van der Waals surface area contributed by atoms with Crippen LogP contribution in [0.1, 0.15) is 18.4 Å². The molecular formula is C15H20FN3O2. The molecule has 2 amide bonds. The van der Waals surface area contributed by atoms with E-state index in [4.69, 9.17) is 5.73 Å². The van der Waals surface area contributed by atoms with Gasteiger partial charge in [0.05, 0.1) is 13.0 Å². The van der Waals surface area contributed by atoms with Crippen LogP contribution < -0.4 is 11.1 Å². The lowest BCUT2D eigenvalue weighted by atomic mass is 10.1. The van der Waals surface area contributed by atoms with Gasteiger partial charge >= 0.3 is 0 Å². The van der Waals surface area contributed by atoms with E-state index in [2.05, 4.69) is 5.32 Å². The number of halogens is 1. The monoisotopic (exact) mass is 293 g/mol. The molecule has 2 rings (SSSR count). The summed E-state index contributed by atoms with van der Waals surface area (Å²) in [6.07, 6.45) is 1.88. The van der Waals surface area contributed by atoms with Crippen molar-refractivity contribution in [1.29, 1.82) is 0 Å². The fraction of sp³-hybridized carbons (Fsp3) is 0.467. The summed E-state index contributed by atoms with van der Waals surface area (Å²) in [5.41, 5.74) is 6.40. The fourth-order valence-corrected chi connectivity index (χ4v) is 2.42. The molecule has 0 saturated carbocycles. The molecule has 114 valence electrons. The summed E-state index contributed by atoms with van der Waals surface area (Å²) in [5.74, 6) is -0.799. The molecule has 1 unspecified atom stereocenters. The van der Waals surface area contributed by atoms with Gasteiger partial charge in [-0.2, -0.15) is 0 Å². The molecule has 1 atom stereocenters. The predicted octanol–water partition coefficient (Wildman–Crippen LogP) is 0.434. The third-order valence-electron chi connectivity index (χ3n) is 3.50. The summed E-state index contributed by atoms with van der Waals surface area (Å²) < 4.78 is 13.0. The molecule has 1 heterocycles. The van der Waals surface area contributed by atoms with Crippen molar-refractivity contribution < 1.29 is 14.0 Å². The first-order valence-corrected chi connectivity index (χ1v) is 7.09. The second kappa shape index (κ2) is 7.17. The lowest BCUT2D eigenvalue weighted by Gasteiger charge is -2.30. The van der Waals surface area contributed by atoms with Crippen LogP contribution in [0, 0.1) is 5.82 Å². The highest BCUT2D eigenvalue weighted by Gasteiger charge is 2.21. The average molecular weight is 293 g/mol. The smallest absolute Gasteiger partial charge is 0.242 e. The van der Waals surface area contributed by atoms with E-state index >= 15 is 0 Å². The number of benzene rings is 1. The van der Waals surface area contributed by atoms with Gasteiger partial charge in [0.2, 0.25) is 11.8 Å². The Bertz CT molecular complexity index is 521. The molecule has 6 heteroatoms. The molecule has 0 aliphatic carbocycles. The second-order valence-corrected chi connectivity index (χ2v) is 5.33. The van der Waals surface area contributed by atoms with Crippen LogP contribution in [0.3, 0.4) is 0 Å². The standard InChI is InChI=1S/C15H20FN3O2/c16-12-4-1-3-11(7-12)8-14(20)18-9-15(21)19-6-2-5-13(17)10-19/h1,3-4,7,13H,2,5-6,8-10,17H2,(H,18,20). The lowest BCUT2D eigenvalue weighted by Crippen LogP contribution is -2.49. The second-order valence-electron chi connectivity index (χ2n) is 5.33. The third kappa shape index (κ3) is 4.82. The number of nitrogens with zero attached hydrogens (tertiary/aromatic N) is 1. The zero-order valence-electron chi connectivity index (χ0n) is 11.8. The summed E-state index contributed by atoms with van der Waals surface area (Å²) in [7, 11) is 0. The molecular weight excluding hydrogens is 273 g/mol. The molecule has 1 aromatic rings. The van der Waals surface area contributed by atoms with Gasteiger partial charge in [0, 0.05) is 19.1 Å². The van der Waals surface area contributed by atoms with E-state index in [1.165, 1.54) is 12.1 Å². The van der Waals surface area contributed by atoms with Gasteiger partial charge in [-0.05, 0) is 30.5 Å². The maximum Gasteiger partial charge on any atom is 0.242 e. The number of hydrogen-bond donors (Lipinski definition) is 2. The van der Waals surface area contributed by atoms with E-state index in [1.54, 1.807) is 17.0 Å². The van der Waals surface area contributed by atoms with Gasteiger partial charge in [-0.15, -0.1) is 0 Å². The Morgan fingerprint density at radius 1 is 1.43 bits per heavy atom. The Balaban J connectivity index is 1.77. The van der Waals surface area contributed by atoms with E-state index in [9.17, 15) is 14.0 Å². The molecule has 0 bridgehead atoms. The van der Waals surface area contributed by atoms with E-state index < -0.39 is 0 Å². The molecule has 1 aliphatic rings. The quantitative estimate of drug-likeness (QED) is 0.845. The van der Waals surface area contributed by atoms with E-state index in [1.807, 2.05) is 0 Å². The minimum atomic E-state index is -0.376. The fourth-order valence-electron chi connectivity index (χ4n) is 2.42. The Morgan fingerprint density at radius 3 is 2.95 bits per heavy atom. The molecule has 1 aromatic carbocycles. The van der Waals surface area contributed by atoms with Gasteiger partial charge < -0.3 is 16.0 Å². The van der Waals surface area contributed by atoms with Crippen LogP contribution >= 0.6 is 0 Å². The normalized spacial score (nSPS) is 18.4. The van der Waals surface area contributed by atoms with Gasteiger partial charge in [-0.1, -0.05) is 12.1 Å². The minimum Gasteiger partial charge on any atom is -0.347 e. The molecule has 21 heavy (non-hydrogen) atoms. The summed E-state index contributed by atoms with van der Waals surface area (Å²) in [6.45, 7) is 1.19. The minimum absolute atomic E-state index is 0.0192. The Morgan fingerprint density at radius 2 is 2.24 bits per heavy atom. The van der Waals surface area contributed by atoms with Crippen LogP contribution in [0.25, 0.3) is 0 Å². The molecule has 1 fully saturated rings. The zero-order valence-corrected chi connectivity index (χ0v) is 11.8. The van der Waals surface area contributed by atoms with Crippen LogP contribution in [0.4, 0.5) is 4.39 Å². The molecule has 1 aliphatic heterocycles. The van der Waals surface area contributed by atoms with E-state index in [-0.39, 0.29) is 36.6 Å². The highest BCUT2D eigenvalue weighted by Crippen LogP contribution is 2.08. The van der Waals surface area contributed by atoms with Crippen LogP contribution in [-0.2, 0) is 16.0 Å². The van der Waals surface area contributed by atoms with Crippen LogP contribution in [0.2, 0.25) is 0 Å². The van der Waals surface area contributed by atoms with Gasteiger partial charge in [0.15, 0.2) is 0 Å². The van der Waals surface area contributed by atoms with E-state index in [0.29, 0.717) is 18.7 Å². The Kier molecular flexibility index (Phi) is 5.27. The summed E-state index contributed by atoms with van der Waals surface area (Å²) in [4.78, 5) is 25.4. The number of amides is 2. The van der Waals surface area contributed by atoms with Crippen molar-refractivity contribution in [2.45, 2.75) is 25.3 Å². The molecule has 0 aromatic heterocycles. The Hall–Kier alpha value is -1.95. The molecule has 5 nitrogen and oxygen atoms in total. The SMILES string of the molecule is NC1CCCN(C(=O)CNC(=O)Cc2cccc(F)c2)C1. The van der Waals surface area contributed by atoms with Crippen molar-refractivity contribution in [1.82, 2.24) is 10.2 Å². The number of rotatable bonds is 4. The number of hydrogen-bond acceptors (Lipinski definition) is 3. The van der Waals surface area contributed by atoms with Crippen LogP contribution in [0.5, 0.6) is 0 Å². The first kappa shape index (κ1) is 15.4. The number of carbonyl (C=O) groups excluding carboxylic acids is 2. The number of likely N-dealkylation sites (tertiary alicyclic amines) is 1. The average Bonchev–Trinajstić information content (AvgIpc) is 2.45. The Labute approximate surface area is 123 Å². The molecule has 0 spiro atoms. The number of carbonyl (C=O) groups is 2. The van der Waals surface area contributed by atoms with Crippen molar-refractivity contribution in [3.8, 4) is 0 Å². The molecule has 0 radical (unpaired) electrons. The number of nitrogens with two attached hydrogens (primary N) is 1. The molecule has 1 saturated heterocycles. The molecule has 3 N–H and O–H groups in total. The largest absolute Gasteiger partial charge is 0.347 e. The van der Waals surface area contributed by atoms with Gasteiger partial charge in [0.1, 0.15) is 5.82 Å². The first-order valence-electron chi connectivity index (χ1n) is 7.09. The number of piperidine rings is 1. The van der Waals surface area contributed by atoms with Crippen molar-refractivity contribution >= 4 is 11.8 Å². The van der Waals surface area contributed by atoms with Gasteiger partial charge in [-0.25, -0.2) is 4.39 Å². The zero-order chi connectivity index (χ0) is 15.2. The third-order valence-corrected chi connectivity index (χ3v) is 3.50. The van der Waals surface area contributed by atoms with Crippen molar-refractivity contribution in [3.05, 3.63) is 35.6 Å². The van der Waals surface area contributed by atoms with Gasteiger partial charge in [-0.3, -0.25) is 9.59 Å². The summed E-state index contributed by atoms with van der Waals surface area (Å²) in [6, 6.07) is 5.88. The van der Waals surface area contributed by atoms with Crippen LogP contribution in [0.15, 0.2) is 24.3 Å². The van der Waals surface area contributed by atoms with E-state index in [0.717, 1.165) is 12.8 Å². The highest BCUT2D eigenvalue weighted by atomic mass is 19.1. The van der Waals surface area contributed by atoms with Crippen molar-refractivity contribution in [2.75, 3.05) is 19.6 Å². The summed E-state index contributed by atoms with van der Waals surface area (Å²) in [5, 5.41) is 2.57. The number of nitrogens with one attached hydrogen (secondary N) is 1. The maximum absolute atomic E-state index is 13.0. The topological polar surface area (TPSA) is 75.4 Å². The van der Waals surface area contributed by atoms with Gasteiger partial charge in [0.25, 0.3) is 0 Å². The van der Waals surface area contributed by atoms with Crippen molar-refractivity contribution in [2.24, 2.45) is 5.73 Å². The lowest BCUT2D eigenvalue weighted by molar-refractivity contribution is -0.133. The van der Waals surface area contributed by atoms with Crippen molar-refractivity contribution in [3.63, 3.8) is 0 Å². The summed E-state index contributed by atoms with van der Waals surface area (Å²) >= 11 is 0. The van der Waals surface area contributed by atoms with Crippen LogP contribution in [-0.4, -0.2) is 42.4 Å². The predicted molar refractivity (Wildman–Crippen MR) is 76.9 cm³/mol.